The first-order valence-corrected chi connectivity index (χ1v) is 9.97. The van der Waals surface area contributed by atoms with Gasteiger partial charge in [0.05, 0.1) is 18.8 Å². The Hall–Kier alpha value is -2.18. The Labute approximate surface area is 177 Å². The second-order valence-corrected chi connectivity index (χ2v) is 8.01. The molecule has 0 bridgehead atoms. The topological polar surface area (TPSA) is 169 Å². The molecule has 10 nitrogen and oxygen atoms in total. The molecular formula is C21H26O10. The molecule has 170 valence electrons. The van der Waals surface area contributed by atoms with Crippen LogP contribution >= 0.6 is 0 Å². The molecule has 7 N–H and O–H groups in total. The van der Waals surface area contributed by atoms with E-state index in [9.17, 15) is 35.7 Å². The molecular weight excluding hydrogens is 412 g/mol. The van der Waals surface area contributed by atoms with Gasteiger partial charge in [0.2, 0.25) is 6.29 Å². The molecule has 2 heterocycles. The number of hydrogen-bond acceptors (Lipinski definition) is 10. The van der Waals surface area contributed by atoms with Crippen LogP contribution in [0, 0.1) is 0 Å². The highest BCUT2D eigenvalue weighted by atomic mass is 16.7. The summed E-state index contributed by atoms with van der Waals surface area (Å²) in [5, 5.41) is 71.8. The Balaban J connectivity index is 1.73. The fourth-order valence-corrected chi connectivity index (χ4v) is 4.21. The number of benzene rings is 2. The first-order valence-electron chi connectivity index (χ1n) is 9.97. The number of rotatable bonds is 3. The molecule has 31 heavy (non-hydrogen) atoms. The van der Waals surface area contributed by atoms with E-state index in [2.05, 4.69) is 0 Å². The number of aliphatic hydroxyl groups is 5. The largest absolute Gasteiger partial charge is 0.507 e. The lowest BCUT2D eigenvalue weighted by Gasteiger charge is -2.39. The molecule has 8 unspecified atom stereocenters. The third-order valence-electron chi connectivity index (χ3n) is 5.94. The molecule has 1 saturated heterocycles. The van der Waals surface area contributed by atoms with E-state index in [0.29, 0.717) is 21.9 Å². The van der Waals surface area contributed by atoms with E-state index in [4.69, 9.17) is 14.2 Å². The quantitative estimate of drug-likeness (QED) is 0.345. The van der Waals surface area contributed by atoms with Gasteiger partial charge in [0, 0.05) is 10.9 Å². The van der Waals surface area contributed by atoms with Crippen molar-refractivity contribution < 1.29 is 50.0 Å². The van der Waals surface area contributed by atoms with Crippen LogP contribution in [0.3, 0.4) is 0 Å². The van der Waals surface area contributed by atoms with Crippen molar-refractivity contribution in [3.8, 4) is 17.2 Å². The van der Waals surface area contributed by atoms with Crippen LogP contribution in [-0.4, -0.2) is 79.2 Å². The zero-order valence-corrected chi connectivity index (χ0v) is 16.9. The van der Waals surface area contributed by atoms with Crippen LogP contribution in [0.25, 0.3) is 10.8 Å². The zero-order valence-electron chi connectivity index (χ0n) is 16.9. The predicted molar refractivity (Wildman–Crippen MR) is 106 cm³/mol. The molecule has 1 fully saturated rings. The minimum Gasteiger partial charge on any atom is -0.507 e. The highest BCUT2D eigenvalue weighted by Gasteiger charge is 2.45. The highest BCUT2D eigenvalue weighted by molar-refractivity contribution is 5.93. The van der Waals surface area contributed by atoms with E-state index in [1.165, 1.54) is 12.1 Å². The van der Waals surface area contributed by atoms with E-state index >= 15 is 0 Å². The fraction of sp³-hybridized carbons (Fsp3) is 0.524. The molecule has 4 rings (SSSR count). The number of phenolic OH excluding ortho intramolecular Hbond substituents is 2. The minimum atomic E-state index is -1.65. The van der Waals surface area contributed by atoms with Gasteiger partial charge in [-0.05, 0) is 43.0 Å². The third kappa shape index (κ3) is 3.60. The zero-order chi connectivity index (χ0) is 22.6. The standard InChI is InChI=1S/C21H26O10/c1-7-15-11(16(24)8(2)29-7)3-9-4-13(12(23)5-10(9)17(15)25)30-21-20(28)19(27)18(26)14(6-22)31-21/h3-5,7-8,14,16,18-28H,6H2,1-2H3. The van der Waals surface area contributed by atoms with Crippen LogP contribution in [-0.2, 0) is 9.47 Å². The molecule has 10 heteroatoms. The highest BCUT2D eigenvalue weighted by Crippen LogP contribution is 2.47. The van der Waals surface area contributed by atoms with Gasteiger partial charge < -0.3 is 50.0 Å². The maximum absolute atomic E-state index is 10.8. The van der Waals surface area contributed by atoms with Gasteiger partial charge in [-0.2, -0.15) is 0 Å². The van der Waals surface area contributed by atoms with Crippen molar-refractivity contribution in [3.63, 3.8) is 0 Å². The Kier molecular flexibility index (Phi) is 5.73. The molecule has 0 saturated carbocycles. The summed E-state index contributed by atoms with van der Waals surface area (Å²) >= 11 is 0. The van der Waals surface area contributed by atoms with Crippen LogP contribution < -0.4 is 4.74 Å². The molecule has 2 aliphatic rings. The van der Waals surface area contributed by atoms with Crippen molar-refractivity contribution in [2.45, 2.75) is 62.9 Å². The van der Waals surface area contributed by atoms with Crippen molar-refractivity contribution >= 4 is 10.8 Å². The molecule has 0 spiro atoms. The number of fused-ring (bicyclic) bond motifs is 2. The number of ether oxygens (including phenoxy) is 3. The van der Waals surface area contributed by atoms with Crippen molar-refractivity contribution in [2.24, 2.45) is 0 Å². The second-order valence-electron chi connectivity index (χ2n) is 8.01. The van der Waals surface area contributed by atoms with Crippen LogP contribution in [0.5, 0.6) is 17.2 Å². The average molecular weight is 438 g/mol. The first kappa shape index (κ1) is 22.0. The summed E-state index contributed by atoms with van der Waals surface area (Å²) in [6.07, 6.45) is -9.39. The lowest BCUT2D eigenvalue weighted by molar-refractivity contribution is -0.277. The normalized spacial score (nSPS) is 35.7. The van der Waals surface area contributed by atoms with Crippen molar-refractivity contribution in [1.82, 2.24) is 0 Å². The van der Waals surface area contributed by atoms with Gasteiger partial charge in [-0.1, -0.05) is 0 Å². The molecule has 2 aliphatic heterocycles. The summed E-state index contributed by atoms with van der Waals surface area (Å²) in [6.45, 7) is 2.85. The molecule has 2 aromatic carbocycles. The Bertz CT molecular complexity index is 977. The van der Waals surface area contributed by atoms with Crippen LogP contribution in [0.1, 0.15) is 37.2 Å². The lowest BCUT2D eigenvalue weighted by atomic mass is 9.89. The Morgan fingerprint density at radius 2 is 1.65 bits per heavy atom. The SMILES string of the molecule is CC1OC(C)C(O)c2cc3cc(OC4OC(CO)C(O)C(O)C4O)c(O)cc3c(O)c21. The number of phenols is 2. The van der Waals surface area contributed by atoms with Gasteiger partial charge in [-0.25, -0.2) is 0 Å². The molecule has 0 aromatic heterocycles. The van der Waals surface area contributed by atoms with Gasteiger partial charge >= 0.3 is 0 Å². The van der Waals surface area contributed by atoms with Crippen molar-refractivity contribution in [1.29, 1.82) is 0 Å². The van der Waals surface area contributed by atoms with Gasteiger partial charge in [0.1, 0.15) is 36.3 Å². The molecule has 8 atom stereocenters. The lowest BCUT2D eigenvalue weighted by Crippen LogP contribution is -2.60. The third-order valence-corrected chi connectivity index (χ3v) is 5.94. The molecule has 0 radical (unpaired) electrons. The maximum Gasteiger partial charge on any atom is 0.229 e. The summed E-state index contributed by atoms with van der Waals surface area (Å²) in [5.41, 5.74) is 0.917. The second kappa shape index (κ2) is 8.06. The smallest absolute Gasteiger partial charge is 0.229 e. The van der Waals surface area contributed by atoms with E-state index in [1.54, 1.807) is 19.9 Å². The fourth-order valence-electron chi connectivity index (χ4n) is 4.21. The number of aliphatic hydroxyl groups excluding tert-OH is 5. The Morgan fingerprint density at radius 3 is 2.32 bits per heavy atom. The first-order chi connectivity index (χ1) is 14.6. The van der Waals surface area contributed by atoms with E-state index in [-0.39, 0.29) is 17.2 Å². The average Bonchev–Trinajstić information content (AvgIpc) is 2.73. The number of aromatic hydroxyl groups is 2. The maximum atomic E-state index is 10.8. The molecule has 2 aromatic rings. The summed E-state index contributed by atoms with van der Waals surface area (Å²) in [4.78, 5) is 0. The van der Waals surface area contributed by atoms with Gasteiger partial charge in [-0.15, -0.1) is 0 Å². The van der Waals surface area contributed by atoms with E-state index in [0.717, 1.165) is 0 Å². The summed E-state index contributed by atoms with van der Waals surface area (Å²) in [7, 11) is 0. The van der Waals surface area contributed by atoms with Crippen molar-refractivity contribution in [3.05, 3.63) is 29.3 Å². The van der Waals surface area contributed by atoms with Crippen molar-refractivity contribution in [2.75, 3.05) is 6.61 Å². The predicted octanol–water partition coefficient (Wildman–Crippen LogP) is -0.0572. The van der Waals surface area contributed by atoms with Crippen LogP contribution in [0.4, 0.5) is 0 Å². The van der Waals surface area contributed by atoms with Crippen LogP contribution in [0.15, 0.2) is 18.2 Å². The summed E-state index contributed by atoms with van der Waals surface area (Å²) in [6, 6.07) is 4.31. The summed E-state index contributed by atoms with van der Waals surface area (Å²) < 4.78 is 16.5. The van der Waals surface area contributed by atoms with Gasteiger partial charge in [0.15, 0.2) is 11.5 Å². The van der Waals surface area contributed by atoms with Gasteiger partial charge in [-0.3, -0.25) is 0 Å². The van der Waals surface area contributed by atoms with Crippen LogP contribution in [0.2, 0.25) is 0 Å². The molecule has 0 amide bonds. The van der Waals surface area contributed by atoms with E-state index < -0.39 is 55.6 Å². The van der Waals surface area contributed by atoms with Gasteiger partial charge in [0.25, 0.3) is 0 Å². The van der Waals surface area contributed by atoms with E-state index in [1.807, 2.05) is 0 Å². The monoisotopic (exact) mass is 438 g/mol. The minimum absolute atomic E-state index is 0.126. The number of hydrogen-bond donors (Lipinski definition) is 7. The molecule has 0 aliphatic carbocycles. The summed E-state index contributed by atoms with van der Waals surface area (Å²) in [5.74, 6) is -0.641. The Morgan fingerprint density at radius 1 is 0.935 bits per heavy atom.